The predicted molar refractivity (Wildman–Crippen MR) is 192 cm³/mol. The van der Waals surface area contributed by atoms with Gasteiger partial charge in [-0.1, -0.05) is 60.7 Å². The second kappa shape index (κ2) is 16.4. The number of benzene rings is 2. The highest BCUT2D eigenvalue weighted by atomic mass is 31.2. The largest absolute Gasteiger partial charge is 0.396 e. The Morgan fingerprint density at radius 2 is 1.15 bits per heavy atom. The van der Waals surface area contributed by atoms with E-state index in [0.29, 0.717) is 19.3 Å². The third kappa shape index (κ3) is 12.7. The lowest BCUT2D eigenvalue weighted by Crippen LogP contribution is -2.61. The third-order valence-electron chi connectivity index (χ3n) is 9.07. The normalized spacial score (nSPS) is 15.3. The summed E-state index contributed by atoms with van der Waals surface area (Å²) < 4.78 is 31.3. The Morgan fingerprint density at radius 1 is 0.702 bits per heavy atom. The topological polar surface area (TPSA) is 109 Å². The summed E-state index contributed by atoms with van der Waals surface area (Å²) in [5.41, 5.74) is 0.491. The monoisotopic (exact) mass is 677 g/mol. The van der Waals surface area contributed by atoms with E-state index in [1.54, 1.807) is 0 Å². The van der Waals surface area contributed by atoms with Gasteiger partial charge in [0.1, 0.15) is 6.10 Å². The van der Waals surface area contributed by atoms with Crippen LogP contribution < -0.4 is 0 Å². The van der Waals surface area contributed by atoms with E-state index in [2.05, 4.69) is 98.4 Å². The van der Waals surface area contributed by atoms with Crippen molar-refractivity contribution >= 4 is 7.60 Å². The molecule has 2 aromatic carbocycles. The van der Waals surface area contributed by atoms with Gasteiger partial charge in [-0.15, -0.1) is 0 Å². The molecule has 8 nitrogen and oxygen atoms in total. The average molecular weight is 678 g/mol. The molecule has 2 rings (SSSR count). The summed E-state index contributed by atoms with van der Waals surface area (Å²) in [7, 11) is -4.43. The Kier molecular flexibility index (Phi) is 14.5. The molecule has 0 heterocycles. The number of nitrogens with zero attached hydrogens (tertiary/aromatic N) is 1. The van der Waals surface area contributed by atoms with E-state index in [1.165, 1.54) is 13.8 Å². The number of aliphatic hydroxyl groups excluding tert-OH is 1. The van der Waals surface area contributed by atoms with E-state index in [-0.39, 0.29) is 37.0 Å². The molecule has 2 unspecified atom stereocenters. The lowest BCUT2D eigenvalue weighted by atomic mass is 9.84. The highest BCUT2D eigenvalue weighted by Crippen LogP contribution is 2.51. The Labute approximate surface area is 285 Å². The first-order valence-electron chi connectivity index (χ1n) is 17.0. The van der Waals surface area contributed by atoms with Crippen LogP contribution in [0.1, 0.15) is 126 Å². The summed E-state index contributed by atoms with van der Waals surface area (Å²) in [6, 6.07) is 20.7. The number of aliphatic hydroxyl groups is 1. The number of rotatable bonds is 20. The van der Waals surface area contributed by atoms with E-state index in [4.69, 9.17) is 14.2 Å². The van der Waals surface area contributed by atoms with Gasteiger partial charge in [-0.2, -0.15) is 0 Å². The minimum atomic E-state index is -4.43. The summed E-state index contributed by atoms with van der Waals surface area (Å²) in [5.74, 6) is 0. The van der Waals surface area contributed by atoms with Crippen LogP contribution in [-0.2, 0) is 18.8 Å². The summed E-state index contributed by atoms with van der Waals surface area (Å²) >= 11 is 0. The molecule has 0 amide bonds. The molecule has 0 saturated heterocycles. The Bertz CT molecular complexity index is 1220. The molecule has 3 N–H and O–H groups in total. The minimum absolute atomic E-state index is 0.0486. The maximum absolute atomic E-state index is 11.9. The van der Waals surface area contributed by atoms with Crippen LogP contribution in [0.4, 0.5) is 0 Å². The number of ether oxygens (including phenoxy) is 3. The molecule has 2 atom stereocenters. The molecule has 0 bridgehead atoms. The third-order valence-corrected chi connectivity index (χ3v) is 10.6. The van der Waals surface area contributed by atoms with Crippen molar-refractivity contribution in [2.45, 2.75) is 155 Å². The van der Waals surface area contributed by atoms with E-state index >= 15 is 0 Å². The molecule has 0 aliphatic heterocycles. The van der Waals surface area contributed by atoms with E-state index in [0.717, 1.165) is 17.5 Å². The lowest BCUT2D eigenvalue weighted by molar-refractivity contribution is -0.135. The second-order valence-corrected chi connectivity index (χ2v) is 18.2. The zero-order valence-electron chi connectivity index (χ0n) is 31.1. The van der Waals surface area contributed by atoms with Gasteiger partial charge in [-0.25, -0.2) is 0 Å². The van der Waals surface area contributed by atoms with Gasteiger partial charge in [0, 0.05) is 36.8 Å². The molecule has 268 valence electrons. The van der Waals surface area contributed by atoms with Gasteiger partial charge in [0.2, 0.25) is 0 Å². The first kappa shape index (κ1) is 41.6. The zero-order valence-corrected chi connectivity index (χ0v) is 32.0. The van der Waals surface area contributed by atoms with Crippen LogP contribution >= 0.6 is 7.60 Å². The van der Waals surface area contributed by atoms with Crippen molar-refractivity contribution in [3.63, 3.8) is 0 Å². The molecule has 0 aliphatic rings. The maximum Gasteiger partial charge on any atom is 0.356 e. The van der Waals surface area contributed by atoms with Crippen molar-refractivity contribution in [1.29, 1.82) is 0 Å². The smallest absolute Gasteiger partial charge is 0.356 e. The van der Waals surface area contributed by atoms with Gasteiger partial charge in [0.15, 0.2) is 5.34 Å². The van der Waals surface area contributed by atoms with Crippen LogP contribution in [0.3, 0.4) is 0 Å². The standard InChI is InChI=1S/C38H64NO7P/c1-29(39(34(3,4)23-25-40)35(5,6)24-26-44-38(11,12)47(41,42)43)27-36(7,8)45-30(2)28-37(9,10)46-33(31-19-15-13-16-20-31)32-21-17-14-18-22-32/h13-22,29-30,33,40H,23-28H2,1-12H3,(H2,41,42,43). The first-order valence-corrected chi connectivity index (χ1v) is 18.6. The molecule has 2 aromatic rings. The van der Waals surface area contributed by atoms with Crippen LogP contribution in [0.25, 0.3) is 0 Å². The molecule has 0 radical (unpaired) electrons. The van der Waals surface area contributed by atoms with E-state index in [9.17, 15) is 19.5 Å². The molecule has 47 heavy (non-hydrogen) atoms. The summed E-state index contributed by atoms with van der Waals surface area (Å²) in [6.45, 7) is 24.4. The highest BCUT2D eigenvalue weighted by Gasteiger charge is 2.44. The lowest BCUT2D eigenvalue weighted by Gasteiger charge is -2.53. The molecule has 0 saturated carbocycles. The van der Waals surface area contributed by atoms with Crippen LogP contribution in [0, 0.1) is 0 Å². The highest BCUT2D eigenvalue weighted by molar-refractivity contribution is 7.53. The van der Waals surface area contributed by atoms with Crippen molar-refractivity contribution < 1.29 is 33.7 Å². The Morgan fingerprint density at radius 3 is 1.60 bits per heavy atom. The van der Waals surface area contributed by atoms with Crippen molar-refractivity contribution in [2.24, 2.45) is 0 Å². The summed E-state index contributed by atoms with van der Waals surface area (Å²) in [4.78, 5) is 21.8. The van der Waals surface area contributed by atoms with Gasteiger partial charge < -0.3 is 29.1 Å². The molecule has 0 aliphatic carbocycles. The molecule has 0 aromatic heterocycles. The SMILES string of the molecule is CC(CC(C)(C)OC(c1ccccc1)c1ccccc1)OC(C)(C)CC(C)N(C(C)(C)CCO)C(C)(C)CCOC(C)(C)P(=O)(O)O. The molecule has 0 fully saturated rings. The zero-order chi connectivity index (χ0) is 35.9. The van der Waals surface area contributed by atoms with Gasteiger partial charge >= 0.3 is 7.60 Å². The van der Waals surface area contributed by atoms with Crippen LogP contribution in [0.15, 0.2) is 60.7 Å². The predicted octanol–water partition coefficient (Wildman–Crippen LogP) is 8.49. The summed E-state index contributed by atoms with van der Waals surface area (Å²) in [6.07, 6.45) is 2.25. The molecule has 0 spiro atoms. The fourth-order valence-corrected chi connectivity index (χ4v) is 7.50. The van der Waals surface area contributed by atoms with Gasteiger partial charge in [-0.05, 0) is 113 Å². The van der Waals surface area contributed by atoms with E-state index < -0.39 is 29.7 Å². The fourth-order valence-electron chi connectivity index (χ4n) is 7.24. The van der Waals surface area contributed by atoms with Crippen LogP contribution in [0.5, 0.6) is 0 Å². The first-order chi connectivity index (χ1) is 21.4. The van der Waals surface area contributed by atoms with Gasteiger partial charge in [0.05, 0.1) is 17.3 Å². The Balaban J connectivity index is 2.18. The van der Waals surface area contributed by atoms with Crippen LogP contribution in [-0.4, -0.2) is 72.8 Å². The van der Waals surface area contributed by atoms with Crippen molar-refractivity contribution in [1.82, 2.24) is 4.90 Å². The van der Waals surface area contributed by atoms with Crippen molar-refractivity contribution in [2.75, 3.05) is 13.2 Å². The minimum Gasteiger partial charge on any atom is -0.396 e. The van der Waals surface area contributed by atoms with Crippen molar-refractivity contribution in [3.8, 4) is 0 Å². The Hall–Kier alpha value is -1.61. The number of hydrogen-bond donors (Lipinski definition) is 3. The number of hydrogen-bond acceptors (Lipinski definition) is 6. The van der Waals surface area contributed by atoms with Crippen LogP contribution in [0.2, 0.25) is 0 Å². The molecular weight excluding hydrogens is 613 g/mol. The quantitative estimate of drug-likeness (QED) is 0.120. The summed E-state index contributed by atoms with van der Waals surface area (Å²) in [5, 5.41) is 8.40. The van der Waals surface area contributed by atoms with Gasteiger partial charge in [-0.3, -0.25) is 9.46 Å². The molecular formula is C38H64NO7P. The average Bonchev–Trinajstić information content (AvgIpc) is 2.90. The van der Waals surface area contributed by atoms with Crippen molar-refractivity contribution in [3.05, 3.63) is 71.8 Å². The molecule has 9 heteroatoms. The van der Waals surface area contributed by atoms with Gasteiger partial charge in [0.25, 0.3) is 0 Å². The fraction of sp³-hybridized carbons (Fsp3) is 0.684. The maximum atomic E-state index is 11.9. The van der Waals surface area contributed by atoms with E-state index in [1.807, 2.05) is 36.4 Å². The second-order valence-electron chi connectivity index (χ2n) is 16.1.